The molecule has 2 aromatic rings. The van der Waals surface area contributed by atoms with Crippen molar-refractivity contribution in [3.8, 4) is 0 Å². The van der Waals surface area contributed by atoms with Gasteiger partial charge in [0, 0.05) is 22.6 Å². The van der Waals surface area contributed by atoms with Gasteiger partial charge in [0.2, 0.25) is 0 Å². The molecule has 0 bridgehead atoms. The van der Waals surface area contributed by atoms with E-state index in [1.165, 1.54) is 0 Å². The second-order valence-electron chi connectivity index (χ2n) is 5.32. The Balaban J connectivity index is 1.88. The van der Waals surface area contributed by atoms with Crippen molar-refractivity contribution in [2.45, 2.75) is 18.4 Å². The minimum Gasteiger partial charge on any atom is -0.324 e. The smallest absolute Gasteiger partial charge is 0.252 e. The molecule has 1 aliphatic heterocycles. The highest BCUT2D eigenvalue weighted by molar-refractivity contribution is 9.10. The molecule has 1 saturated heterocycles. The van der Waals surface area contributed by atoms with Crippen molar-refractivity contribution in [2.75, 3.05) is 18.4 Å². The van der Waals surface area contributed by atoms with Crippen LogP contribution >= 0.6 is 27.5 Å². The SMILES string of the molecule is O=C(Nc1ccc(Cl)c(Br)c1)C1(n2cccn2)CCNCC1. The molecule has 1 aromatic heterocycles. The number of hydrogen-bond acceptors (Lipinski definition) is 3. The first-order valence-electron chi connectivity index (χ1n) is 7.09. The average molecular weight is 384 g/mol. The van der Waals surface area contributed by atoms with Crippen molar-refractivity contribution in [1.82, 2.24) is 15.1 Å². The van der Waals surface area contributed by atoms with Gasteiger partial charge in [0.25, 0.3) is 5.91 Å². The van der Waals surface area contributed by atoms with E-state index in [9.17, 15) is 4.79 Å². The van der Waals surface area contributed by atoms with Gasteiger partial charge >= 0.3 is 0 Å². The first kappa shape index (κ1) is 15.5. The average Bonchev–Trinajstić information content (AvgIpc) is 3.06. The normalized spacial score (nSPS) is 17.2. The topological polar surface area (TPSA) is 59.0 Å². The van der Waals surface area contributed by atoms with Crippen LogP contribution in [0, 0.1) is 0 Å². The number of amides is 1. The second-order valence-corrected chi connectivity index (χ2v) is 6.58. The number of aromatic nitrogens is 2. The molecule has 0 unspecified atom stereocenters. The van der Waals surface area contributed by atoms with Gasteiger partial charge in [-0.15, -0.1) is 0 Å². The summed E-state index contributed by atoms with van der Waals surface area (Å²) in [5.41, 5.74) is 0.0623. The lowest BCUT2D eigenvalue weighted by molar-refractivity contribution is -0.126. The Morgan fingerprint density at radius 2 is 2.18 bits per heavy atom. The van der Waals surface area contributed by atoms with Crippen LogP contribution in [0.4, 0.5) is 5.69 Å². The van der Waals surface area contributed by atoms with E-state index < -0.39 is 5.54 Å². The van der Waals surface area contributed by atoms with Crippen LogP contribution in [-0.4, -0.2) is 28.8 Å². The fraction of sp³-hybridized carbons (Fsp3) is 0.333. The molecule has 116 valence electrons. The number of halogens is 2. The predicted molar refractivity (Wildman–Crippen MR) is 90.1 cm³/mol. The van der Waals surface area contributed by atoms with Crippen LogP contribution in [-0.2, 0) is 10.3 Å². The molecule has 5 nitrogen and oxygen atoms in total. The fourth-order valence-electron chi connectivity index (χ4n) is 2.74. The van der Waals surface area contributed by atoms with Crippen molar-refractivity contribution in [1.29, 1.82) is 0 Å². The van der Waals surface area contributed by atoms with Crippen molar-refractivity contribution in [3.63, 3.8) is 0 Å². The lowest BCUT2D eigenvalue weighted by Gasteiger charge is -2.36. The van der Waals surface area contributed by atoms with Gasteiger partial charge in [0.15, 0.2) is 0 Å². The summed E-state index contributed by atoms with van der Waals surface area (Å²) in [5, 5.41) is 11.2. The molecule has 1 aromatic carbocycles. The van der Waals surface area contributed by atoms with Crippen molar-refractivity contribution >= 4 is 39.1 Å². The number of benzene rings is 1. The van der Waals surface area contributed by atoms with Gasteiger partial charge in [-0.25, -0.2) is 0 Å². The zero-order chi connectivity index (χ0) is 15.6. The zero-order valence-electron chi connectivity index (χ0n) is 11.9. The molecule has 7 heteroatoms. The lowest BCUT2D eigenvalue weighted by Crippen LogP contribution is -2.52. The maximum absolute atomic E-state index is 12.9. The van der Waals surface area contributed by atoms with Gasteiger partial charge in [0.1, 0.15) is 5.54 Å². The maximum Gasteiger partial charge on any atom is 0.252 e. The second kappa shape index (κ2) is 6.40. The summed E-state index contributed by atoms with van der Waals surface area (Å²) in [6.07, 6.45) is 4.96. The van der Waals surface area contributed by atoms with Gasteiger partial charge in [-0.2, -0.15) is 5.10 Å². The number of rotatable bonds is 3. The number of nitrogens with zero attached hydrogens (tertiary/aromatic N) is 2. The van der Waals surface area contributed by atoms with Crippen molar-refractivity contribution < 1.29 is 4.79 Å². The van der Waals surface area contributed by atoms with Gasteiger partial charge in [0.05, 0.1) is 5.02 Å². The fourth-order valence-corrected chi connectivity index (χ4v) is 3.24. The van der Waals surface area contributed by atoms with Gasteiger partial charge in [-0.05, 0) is 66.1 Å². The summed E-state index contributed by atoms with van der Waals surface area (Å²) in [4.78, 5) is 12.9. The van der Waals surface area contributed by atoms with Crippen LogP contribution in [0.5, 0.6) is 0 Å². The number of carbonyl (C=O) groups is 1. The number of piperidine rings is 1. The Kier molecular flexibility index (Phi) is 4.52. The molecule has 0 spiro atoms. The maximum atomic E-state index is 12.9. The van der Waals surface area contributed by atoms with E-state index in [2.05, 4.69) is 31.7 Å². The standard InChI is InChI=1S/C15H16BrClN4O/c16-12-10-11(2-3-13(12)17)20-14(22)15(4-7-18-8-5-15)21-9-1-6-19-21/h1-3,6,9-10,18H,4-5,7-8H2,(H,20,22). The van der Waals surface area contributed by atoms with E-state index in [1.54, 1.807) is 29.1 Å². The first-order chi connectivity index (χ1) is 10.6. The molecule has 2 N–H and O–H groups in total. The van der Waals surface area contributed by atoms with E-state index >= 15 is 0 Å². The van der Waals surface area contributed by atoms with Crippen LogP contribution < -0.4 is 10.6 Å². The molecule has 0 aliphatic carbocycles. The Hall–Kier alpha value is -1.37. The quantitative estimate of drug-likeness (QED) is 0.856. The highest BCUT2D eigenvalue weighted by atomic mass is 79.9. The Bertz CT molecular complexity index is 668. The molecule has 1 amide bonds. The highest BCUT2D eigenvalue weighted by Crippen LogP contribution is 2.30. The number of anilines is 1. The van der Waals surface area contributed by atoms with Crippen LogP contribution in [0.3, 0.4) is 0 Å². The molecule has 22 heavy (non-hydrogen) atoms. The van der Waals surface area contributed by atoms with E-state index in [0.717, 1.165) is 17.6 Å². The Morgan fingerprint density at radius 1 is 1.41 bits per heavy atom. The first-order valence-corrected chi connectivity index (χ1v) is 8.26. The van der Waals surface area contributed by atoms with E-state index in [4.69, 9.17) is 11.6 Å². The summed E-state index contributed by atoms with van der Waals surface area (Å²) >= 11 is 9.37. The molecule has 0 saturated carbocycles. The van der Waals surface area contributed by atoms with E-state index in [1.807, 2.05) is 12.3 Å². The van der Waals surface area contributed by atoms with Crippen LogP contribution in [0.15, 0.2) is 41.1 Å². The number of hydrogen-bond donors (Lipinski definition) is 2. The lowest BCUT2D eigenvalue weighted by atomic mass is 9.87. The molecule has 0 atom stereocenters. The number of carbonyl (C=O) groups excluding carboxylic acids is 1. The largest absolute Gasteiger partial charge is 0.324 e. The summed E-state index contributed by atoms with van der Waals surface area (Å²) in [5.74, 6) is -0.0491. The summed E-state index contributed by atoms with van der Waals surface area (Å²) in [6, 6.07) is 7.20. The minimum atomic E-state index is -0.652. The molecule has 1 aliphatic rings. The number of nitrogens with one attached hydrogen (secondary N) is 2. The van der Waals surface area contributed by atoms with Gasteiger partial charge in [-0.1, -0.05) is 11.6 Å². The molecular weight excluding hydrogens is 368 g/mol. The van der Waals surface area contributed by atoms with E-state index in [-0.39, 0.29) is 5.91 Å². The highest BCUT2D eigenvalue weighted by Gasteiger charge is 2.42. The zero-order valence-corrected chi connectivity index (χ0v) is 14.2. The summed E-state index contributed by atoms with van der Waals surface area (Å²) in [7, 11) is 0. The monoisotopic (exact) mass is 382 g/mol. The summed E-state index contributed by atoms with van der Waals surface area (Å²) in [6.45, 7) is 1.58. The molecule has 3 rings (SSSR count). The molecule has 2 heterocycles. The Labute approximate surface area is 142 Å². The van der Waals surface area contributed by atoms with E-state index in [0.29, 0.717) is 23.6 Å². The van der Waals surface area contributed by atoms with Crippen LogP contribution in [0.2, 0.25) is 5.02 Å². The van der Waals surface area contributed by atoms with Crippen LogP contribution in [0.1, 0.15) is 12.8 Å². The Morgan fingerprint density at radius 3 is 2.82 bits per heavy atom. The minimum absolute atomic E-state index is 0.0491. The third kappa shape index (κ3) is 2.91. The van der Waals surface area contributed by atoms with Crippen molar-refractivity contribution in [3.05, 3.63) is 46.2 Å². The van der Waals surface area contributed by atoms with Crippen LogP contribution in [0.25, 0.3) is 0 Å². The third-order valence-electron chi connectivity index (χ3n) is 3.97. The van der Waals surface area contributed by atoms with Gasteiger partial charge in [-0.3, -0.25) is 9.48 Å². The summed E-state index contributed by atoms with van der Waals surface area (Å²) < 4.78 is 2.53. The molecule has 1 fully saturated rings. The predicted octanol–water partition coefficient (Wildman–Crippen LogP) is 3.02. The molecular formula is C15H16BrClN4O. The van der Waals surface area contributed by atoms with Gasteiger partial charge < -0.3 is 10.6 Å². The molecule has 0 radical (unpaired) electrons. The third-order valence-corrected chi connectivity index (χ3v) is 5.19. The van der Waals surface area contributed by atoms with Crippen molar-refractivity contribution in [2.24, 2.45) is 0 Å².